The van der Waals surface area contributed by atoms with Crippen LogP contribution >= 0.6 is 0 Å². The van der Waals surface area contributed by atoms with Crippen molar-refractivity contribution in [2.75, 3.05) is 6.61 Å². The molecule has 0 unspecified atom stereocenters. The van der Waals surface area contributed by atoms with Crippen LogP contribution < -0.4 is 0 Å². The third-order valence-electron chi connectivity index (χ3n) is 3.60. The van der Waals surface area contributed by atoms with Crippen LogP contribution in [0.15, 0.2) is 4.99 Å². The Hall–Kier alpha value is -0.293. The van der Waals surface area contributed by atoms with E-state index in [1.165, 1.54) is 0 Å². The largest absolute Gasteiger partial charge is 0.415 e. The number of hydrogen-bond donors (Lipinski definition) is 0. The van der Waals surface area contributed by atoms with Gasteiger partial charge >= 0.3 is 0 Å². The van der Waals surface area contributed by atoms with E-state index in [-0.39, 0.29) is 11.1 Å². The molecular formula is C14H29F2NOSi. The molecule has 0 aliphatic rings. The normalized spacial score (nSPS) is 15.7. The molecule has 0 spiro atoms. The number of hydrogen-bond acceptors (Lipinski definition) is 2. The lowest BCUT2D eigenvalue weighted by atomic mass is 10.1. The Labute approximate surface area is 117 Å². The van der Waals surface area contributed by atoms with Gasteiger partial charge in [-0.05, 0) is 30.5 Å². The molecular weight excluding hydrogens is 264 g/mol. The molecule has 0 saturated heterocycles. The van der Waals surface area contributed by atoms with Crippen molar-refractivity contribution in [3.05, 3.63) is 0 Å². The zero-order valence-corrected chi connectivity index (χ0v) is 14.3. The fourth-order valence-electron chi connectivity index (χ4n) is 1.42. The van der Waals surface area contributed by atoms with Crippen LogP contribution in [0.25, 0.3) is 0 Å². The van der Waals surface area contributed by atoms with E-state index in [1.54, 1.807) is 0 Å². The first-order valence-corrected chi connectivity index (χ1v) is 9.82. The van der Waals surface area contributed by atoms with Crippen molar-refractivity contribution in [3.8, 4) is 0 Å². The van der Waals surface area contributed by atoms with Gasteiger partial charge in [0.1, 0.15) is 0 Å². The topological polar surface area (TPSA) is 21.6 Å². The van der Waals surface area contributed by atoms with Crippen LogP contribution in [0.4, 0.5) is 8.78 Å². The highest BCUT2D eigenvalue weighted by Gasteiger charge is 2.37. The molecule has 114 valence electrons. The van der Waals surface area contributed by atoms with Gasteiger partial charge in [-0.15, -0.1) is 0 Å². The summed E-state index contributed by atoms with van der Waals surface area (Å²) in [4.78, 5) is 3.97. The van der Waals surface area contributed by atoms with Gasteiger partial charge in [-0.1, -0.05) is 34.6 Å². The fraction of sp³-hybridized carbons (Fsp3) is 0.929. The van der Waals surface area contributed by atoms with Crippen molar-refractivity contribution in [2.24, 2.45) is 10.9 Å². The molecule has 0 aliphatic heterocycles. The number of nitrogens with zero attached hydrogens (tertiary/aromatic N) is 1. The third-order valence-corrected chi connectivity index (χ3v) is 8.10. The standard InChI is InChI=1S/C14H29F2NOSi/c1-11(2)8-12(17-9-13(15)16)10-18-19(6,7)14(3,4)5/h9,11-13H,8,10H2,1-7H3/b17-9-/t12-/m0/s1. The van der Waals surface area contributed by atoms with Crippen LogP contribution in [0.3, 0.4) is 0 Å². The Balaban J connectivity index is 4.58. The second-order valence-corrected chi connectivity index (χ2v) is 11.8. The molecule has 2 nitrogen and oxygen atoms in total. The Bertz CT molecular complexity index is 286. The van der Waals surface area contributed by atoms with Gasteiger partial charge < -0.3 is 4.43 Å². The maximum Gasteiger partial charge on any atom is 0.273 e. The van der Waals surface area contributed by atoms with E-state index >= 15 is 0 Å². The van der Waals surface area contributed by atoms with Gasteiger partial charge in [0, 0.05) is 0 Å². The Morgan fingerprint density at radius 2 is 1.74 bits per heavy atom. The number of alkyl halides is 2. The summed E-state index contributed by atoms with van der Waals surface area (Å²) in [5.41, 5.74) is 0. The van der Waals surface area contributed by atoms with Gasteiger partial charge in [-0.25, -0.2) is 8.78 Å². The molecule has 0 aromatic rings. The molecule has 0 heterocycles. The summed E-state index contributed by atoms with van der Waals surface area (Å²) in [5, 5.41) is 0.127. The molecule has 0 amide bonds. The first-order chi connectivity index (χ1) is 8.45. The minimum absolute atomic E-state index is 0.127. The summed E-state index contributed by atoms with van der Waals surface area (Å²) in [6.45, 7) is 15.4. The molecule has 0 saturated carbocycles. The minimum atomic E-state index is -2.48. The number of halogens is 2. The van der Waals surface area contributed by atoms with Crippen molar-refractivity contribution < 1.29 is 13.2 Å². The average Bonchev–Trinajstić information content (AvgIpc) is 2.19. The van der Waals surface area contributed by atoms with E-state index in [2.05, 4.69) is 52.7 Å². The van der Waals surface area contributed by atoms with Crippen LogP contribution in [-0.2, 0) is 4.43 Å². The molecule has 0 radical (unpaired) electrons. The lowest BCUT2D eigenvalue weighted by molar-refractivity contribution is 0.226. The summed E-state index contributed by atoms with van der Waals surface area (Å²) in [6, 6.07) is -0.164. The van der Waals surface area contributed by atoms with E-state index in [9.17, 15) is 8.78 Å². The molecule has 0 N–H and O–H groups in total. The average molecular weight is 293 g/mol. The smallest absolute Gasteiger partial charge is 0.273 e. The molecule has 0 aromatic carbocycles. The summed E-state index contributed by atoms with van der Waals surface area (Å²) in [6.07, 6.45) is -0.970. The highest BCUT2D eigenvalue weighted by molar-refractivity contribution is 6.74. The Morgan fingerprint density at radius 1 is 1.21 bits per heavy atom. The maximum atomic E-state index is 12.2. The Kier molecular flexibility index (Phi) is 7.36. The van der Waals surface area contributed by atoms with E-state index in [0.717, 1.165) is 12.6 Å². The molecule has 0 aliphatic carbocycles. The monoisotopic (exact) mass is 293 g/mol. The van der Waals surface area contributed by atoms with Crippen molar-refractivity contribution in [1.29, 1.82) is 0 Å². The number of aliphatic imine (C=N–C) groups is 1. The Morgan fingerprint density at radius 3 is 2.11 bits per heavy atom. The lowest BCUT2D eigenvalue weighted by Gasteiger charge is -2.37. The minimum Gasteiger partial charge on any atom is -0.415 e. The SMILES string of the molecule is CC(C)C[C@@H](CO[Si](C)(C)C(C)(C)C)/N=C\C(F)F. The van der Waals surface area contributed by atoms with E-state index in [4.69, 9.17) is 4.43 Å². The molecule has 0 fully saturated rings. The zero-order valence-electron chi connectivity index (χ0n) is 13.3. The lowest BCUT2D eigenvalue weighted by Crippen LogP contribution is -2.42. The second kappa shape index (κ2) is 7.48. The molecule has 0 bridgehead atoms. The third kappa shape index (κ3) is 7.77. The van der Waals surface area contributed by atoms with Crippen molar-refractivity contribution in [3.63, 3.8) is 0 Å². The van der Waals surface area contributed by atoms with Gasteiger partial charge in [-0.3, -0.25) is 4.99 Å². The first-order valence-electron chi connectivity index (χ1n) is 6.91. The zero-order chi connectivity index (χ0) is 15.3. The van der Waals surface area contributed by atoms with Gasteiger partial charge in [0.15, 0.2) is 8.32 Å². The molecule has 0 aromatic heterocycles. The molecule has 19 heavy (non-hydrogen) atoms. The van der Waals surface area contributed by atoms with Crippen LogP contribution in [0.2, 0.25) is 18.1 Å². The van der Waals surface area contributed by atoms with Crippen molar-refractivity contribution >= 4 is 14.5 Å². The fourth-order valence-corrected chi connectivity index (χ4v) is 2.47. The van der Waals surface area contributed by atoms with Crippen LogP contribution in [0.1, 0.15) is 41.0 Å². The van der Waals surface area contributed by atoms with Crippen LogP contribution in [0.5, 0.6) is 0 Å². The predicted octanol–water partition coefficient (Wildman–Crippen LogP) is 4.76. The maximum absolute atomic E-state index is 12.2. The van der Waals surface area contributed by atoms with E-state index < -0.39 is 14.7 Å². The quantitative estimate of drug-likeness (QED) is 0.490. The van der Waals surface area contributed by atoms with E-state index in [1.807, 2.05) is 0 Å². The van der Waals surface area contributed by atoms with Crippen molar-refractivity contribution in [2.45, 2.75) is 71.6 Å². The van der Waals surface area contributed by atoms with Gasteiger partial charge in [-0.2, -0.15) is 0 Å². The summed E-state index contributed by atoms with van der Waals surface area (Å²) in [7, 11) is -1.84. The molecule has 0 rings (SSSR count). The van der Waals surface area contributed by atoms with Crippen LogP contribution in [0, 0.1) is 5.92 Å². The van der Waals surface area contributed by atoms with Crippen molar-refractivity contribution in [1.82, 2.24) is 0 Å². The summed E-state index contributed by atoms with van der Waals surface area (Å²) >= 11 is 0. The molecule has 1 atom stereocenters. The highest BCUT2D eigenvalue weighted by Crippen LogP contribution is 2.36. The molecule has 5 heteroatoms. The first kappa shape index (κ1) is 18.7. The predicted molar refractivity (Wildman–Crippen MR) is 80.9 cm³/mol. The highest BCUT2D eigenvalue weighted by atomic mass is 28.4. The second-order valence-electron chi connectivity index (χ2n) is 6.99. The van der Waals surface area contributed by atoms with E-state index in [0.29, 0.717) is 12.5 Å². The number of rotatable bonds is 7. The summed E-state index contributed by atoms with van der Waals surface area (Å²) < 4.78 is 30.5. The van der Waals surface area contributed by atoms with Crippen LogP contribution in [-0.4, -0.2) is 33.6 Å². The van der Waals surface area contributed by atoms with Gasteiger partial charge in [0.05, 0.1) is 18.9 Å². The summed E-state index contributed by atoms with van der Waals surface area (Å²) in [5.74, 6) is 0.419. The van der Waals surface area contributed by atoms with Gasteiger partial charge in [0.2, 0.25) is 0 Å². The van der Waals surface area contributed by atoms with Gasteiger partial charge in [0.25, 0.3) is 6.43 Å².